The number of hydrogen-bond donors (Lipinski definition) is 0. The third-order valence-electron chi connectivity index (χ3n) is 4.68. The number of amides is 1. The van der Waals surface area contributed by atoms with Crippen molar-refractivity contribution in [2.45, 2.75) is 12.8 Å². The first-order valence-electron chi connectivity index (χ1n) is 8.47. The largest absolute Gasteiger partial charge is 0.465 e. The third kappa shape index (κ3) is 3.84. The topological polar surface area (TPSA) is 66.0 Å². The van der Waals surface area contributed by atoms with Gasteiger partial charge in [0.1, 0.15) is 5.82 Å². The number of carbonyl (C=O) groups excluding carboxylic acids is 2. The second-order valence-corrected chi connectivity index (χ2v) is 6.25. The summed E-state index contributed by atoms with van der Waals surface area (Å²) in [6, 6.07) is 3.58. The lowest BCUT2D eigenvalue weighted by Gasteiger charge is -2.35. The van der Waals surface area contributed by atoms with Gasteiger partial charge in [0, 0.05) is 45.5 Å². The summed E-state index contributed by atoms with van der Waals surface area (Å²) in [4.78, 5) is 34.4. The van der Waals surface area contributed by atoms with E-state index in [4.69, 9.17) is 0 Å². The fourth-order valence-corrected chi connectivity index (χ4v) is 3.20. The van der Waals surface area contributed by atoms with Crippen LogP contribution in [-0.2, 0) is 9.53 Å². The Kier molecular flexibility index (Phi) is 5.30. The zero-order chi connectivity index (χ0) is 16.9. The van der Waals surface area contributed by atoms with Gasteiger partial charge in [-0.25, -0.2) is 9.78 Å². The molecule has 0 aromatic carbocycles. The van der Waals surface area contributed by atoms with Crippen molar-refractivity contribution in [2.24, 2.45) is 0 Å². The number of nitrogens with zero attached hydrogens (tertiary/aromatic N) is 4. The minimum atomic E-state index is -0.376. The Morgan fingerprint density at radius 1 is 1.08 bits per heavy atom. The molecule has 130 valence electrons. The third-order valence-corrected chi connectivity index (χ3v) is 4.68. The van der Waals surface area contributed by atoms with E-state index in [1.165, 1.54) is 7.11 Å². The highest BCUT2D eigenvalue weighted by Gasteiger charge is 2.23. The molecule has 3 heterocycles. The maximum atomic E-state index is 12.2. The second kappa shape index (κ2) is 7.61. The first kappa shape index (κ1) is 16.7. The molecule has 0 aliphatic carbocycles. The van der Waals surface area contributed by atoms with Gasteiger partial charge in [-0.3, -0.25) is 9.69 Å². The van der Waals surface area contributed by atoms with Crippen molar-refractivity contribution < 1.29 is 14.3 Å². The number of hydrogen-bond acceptors (Lipinski definition) is 6. The molecule has 2 aliphatic heterocycles. The molecular weight excluding hydrogens is 308 g/mol. The first-order valence-corrected chi connectivity index (χ1v) is 8.47. The molecule has 1 amide bonds. The van der Waals surface area contributed by atoms with Gasteiger partial charge in [0.25, 0.3) is 0 Å². The Morgan fingerprint density at radius 2 is 1.79 bits per heavy atom. The van der Waals surface area contributed by atoms with Gasteiger partial charge in [0.05, 0.1) is 19.2 Å². The average Bonchev–Trinajstić information content (AvgIpc) is 3.17. The van der Waals surface area contributed by atoms with Crippen LogP contribution in [0.5, 0.6) is 0 Å². The van der Waals surface area contributed by atoms with Crippen molar-refractivity contribution >= 4 is 17.7 Å². The van der Waals surface area contributed by atoms with E-state index in [-0.39, 0.29) is 11.9 Å². The van der Waals surface area contributed by atoms with Crippen molar-refractivity contribution in [1.29, 1.82) is 0 Å². The van der Waals surface area contributed by atoms with Crippen LogP contribution in [0.4, 0.5) is 5.82 Å². The SMILES string of the molecule is COC(=O)c1ccc(N2CCN(CC(=O)N3CCCC3)CC2)nc1. The van der Waals surface area contributed by atoms with Crippen LogP contribution < -0.4 is 4.90 Å². The van der Waals surface area contributed by atoms with Gasteiger partial charge in [-0.2, -0.15) is 0 Å². The summed E-state index contributed by atoms with van der Waals surface area (Å²) in [6.07, 6.45) is 3.81. The minimum absolute atomic E-state index is 0.251. The van der Waals surface area contributed by atoms with E-state index in [1.807, 2.05) is 11.0 Å². The molecule has 24 heavy (non-hydrogen) atoms. The molecule has 0 radical (unpaired) electrons. The zero-order valence-corrected chi connectivity index (χ0v) is 14.1. The molecule has 1 aromatic rings. The normalized spacial score (nSPS) is 18.7. The van der Waals surface area contributed by atoms with Crippen LogP contribution in [0.25, 0.3) is 0 Å². The number of ether oxygens (including phenoxy) is 1. The number of rotatable bonds is 4. The van der Waals surface area contributed by atoms with Crippen molar-refractivity contribution in [3.8, 4) is 0 Å². The Labute approximate surface area is 142 Å². The molecule has 2 saturated heterocycles. The standard InChI is InChI=1S/C17H24N4O3/c1-24-17(23)14-4-5-15(18-12-14)20-10-8-19(9-11-20)13-16(22)21-6-2-3-7-21/h4-5,12H,2-3,6-11,13H2,1H3. The number of aromatic nitrogens is 1. The van der Waals surface area contributed by atoms with Gasteiger partial charge in [0.2, 0.25) is 5.91 Å². The van der Waals surface area contributed by atoms with Crippen molar-refractivity contribution in [3.63, 3.8) is 0 Å². The molecule has 1 aromatic heterocycles. The number of pyridine rings is 1. The summed E-state index contributed by atoms with van der Waals surface area (Å²) >= 11 is 0. The van der Waals surface area contributed by atoms with Crippen LogP contribution in [0.1, 0.15) is 23.2 Å². The zero-order valence-electron chi connectivity index (χ0n) is 14.1. The number of anilines is 1. The van der Waals surface area contributed by atoms with E-state index in [1.54, 1.807) is 12.3 Å². The Bertz CT molecular complexity index is 576. The van der Waals surface area contributed by atoms with Crippen LogP contribution in [0.2, 0.25) is 0 Å². The molecule has 0 bridgehead atoms. The van der Waals surface area contributed by atoms with E-state index in [9.17, 15) is 9.59 Å². The smallest absolute Gasteiger partial charge is 0.339 e. The van der Waals surface area contributed by atoms with Crippen LogP contribution in [0.15, 0.2) is 18.3 Å². The first-order chi connectivity index (χ1) is 11.7. The quantitative estimate of drug-likeness (QED) is 0.753. The summed E-state index contributed by atoms with van der Waals surface area (Å²) < 4.78 is 4.68. The number of carbonyl (C=O) groups is 2. The van der Waals surface area contributed by atoms with Gasteiger partial charge >= 0.3 is 5.97 Å². The maximum absolute atomic E-state index is 12.2. The van der Waals surface area contributed by atoms with E-state index >= 15 is 0 Å². The average molecular weight is 332 g/mol. The maximum Gasteiger partial charge on any atom is 0.339 e. The van der Waals surface area contributed by atoms with E-state index in [2.05, 4.69) is 19.5 Å². The monoisotopic (exact) mass is 332 g/mol. The molecule has 0 spiro atoms. The van der Waals surface area contributed by atoms with Gasteiger partial charge in [-0.15, -0.1) is 0 Å². The van der Waals surface area contributed by atoms with E-state index in [0.29, 0.717) is 12.1 Å². The summed E-state index contributed by atoms with van der Waals surface area (Å²) in [6.45, 7) is 5.70. The molecule has 0 N–H and O–H groups in total. The predicted octanol–water partition coefficient (Wildman–Crippen LogP) is 0.613. The molecule has 0 atom stereocenters. The number of piperazine rings is 1. The molecule has 7 nitrogen and oxygen atoms in total. The Hall–Kier alpha value is -2.15. The molecule has 2 fully saturated rings. The van der Waals surface area contributed by atoms with Crippen molar-refractivity contribution in [1.82, 2.24) is 14.8 Å². The summed E-state index contributed by atoms with van der Waals surface area (Å²) in [5.41, 5.74) is 0.455. The van der Waals surface area contributed by atoms with Crippen LogP contribution in [-0.4, -0.2) is 79.6 Å². The molecular formula is C17H24N4O3. The van der Waals surface area contributed by atoms with Gasteiger partial charge in [0.15, 0.2) is 0 Å². The summed E-state index contributed by atoms with van der Waals surface area (Å²) in [5.74, 6) is 0.731. The van der Waals surface area contributed by atoms with Gasteiger partial charge in [-0.05, 0) is 25.0 Å². The number of methoxy groups -OCH3 is 1. The second-order valence-electron chi connectivity index (χ2n) is 6.25. The summed E-state index contributed by atoms with van der Waals surface area (Å²) in [7, 11) is 1.36. The summed E-state index contributed by atoms with van der Waals surface area (Å²) in [5, 5.41) is 0. The van der Waals surface area contributed by atoms with Crippen LogP contribution in [0.3, 0.4) is 0 Å². The fourth-order valence-electron chi connectivity index (χ4n) is 3.20. The van der Waals surface area contributed by atoms with E-state index < -0.39 is 0 Å². The molecule has 2 aliphatic rings. The van der Waals surface area contributed by atoms with Crippen molar-refractivity contribution in [2.75, 3.05) is 57.8 Å². The number of esters is 1. The molecule has 3 rings (SSSR count). The fraction of sp³-hybridized carbons (Fsp3) is 0.588. The Balaban J connectivity index is 1.49. The lowest BCUT2D eigenvalue weighted by molar-refractivity contribution is -0.131. The predicted molar refractivity (Wildman–Crippen MR) is 90.0 cm³/mol. The molecule has 0 saturated carbocycles. The highest BCUT2D eigenvalue weighted by molar-refractivity contribution is 5.89. The van der Waals surface area contributed by atoms with Crippen LogP contribution in [0, 0.1) is 0 Å². The lowest BCUT2D eigenvalue weighted by Crippen LogP contribution is -2.50. The highest BCUT2D eigenvalue weighted by Crippen LogP contribution is 2.15. The minimum Gasteiger partial charge on any atom is -0.465 e. The van der Waals surface area contributed by atoms with Gasteiger partial charge in [-0.1, -0.05) is 0 Å². The number of likely N-dealkylation sites (tertiary alicyclic amines) is 1. The van der Waals surface area contributed by atoms with E-state index in [0.717, 1.165) is 57.9 Å². The Morgan fingerprint density at radius 3 is 2.38 bits per heavy atom. The van der Waals surface area contributed by atoms with Crippen LogP contribution >= 0.6 is 0 Å². The van der Waals surface area contributed by atoms with Crippen molar-refractivity contribution in [3.05, 3.63) is 23.9 Å². The molecule has 0 unspecified atom stereocenters. The molecule has 7 heteroatoms. The lowest BCUT2D eigenvalue weighted by atomic mass is 10.2. The highest BCUT2D eigenvalue weighted by atomic mass is 16.5. The van der Waals surface area contributed by atoms with Gasteiger partial charge < -0.3 is 14.5 Å².